The molecule has 0 saturated carbocycles. The van der Waals surface area contributed by atoms with E-state index in [1.165, 1.54) is 24.3 Å². The van der Waals surface area contributed by atoms with E-state index in [0.29, 0.717) is 12.0 Å². The molecular weight excluding hydrogens is 239 g/mol. The van der Waals surface area contributed by atoms with Gasteiger partial charge < -0.3 is 0 Å². The lowest BCUT2D eigenvalue weighted by molar-refractivity contribution is 0.0978. The Morgan fingerprint density at radius 1 is 1.11 bits per heavy atom. The molecule has 1 atom stereocenters. The first-order valence-electron chi connectivity index (χ1n) is 6.17. The van der Waals surface area contributed by atoms with Crippen molar-refractivity contribution in [3.8, 4) is 0 Å². The largest absolute Gasteiger partial charge is 0.294 e. The number of rotatable bonds is 5. The van der Waals surface area contributed by atoms with Gasteiger partial charge in [-0.25, -0.2) is 4.39 Å². The fourth-order valence-electron chi connectivity index (χ4n) is 1.99. The standard InChI is InChI=1S/C17H15FO/c1-2-13(14-6-4-3-5-7-14)12-17(19)15-8-10-16(18)11-9-15/h2-11,13H,1,12H2. The molecule has 0 aliphatic rings. The Bertz CT molecular complexity index is 558. The summed E-state index contributed by atoms with van der Waals surface area (Å²) in [7, 11) is 0. The summed E-state index contributed by atoms with van der Waals surface area (Å²) in [6.45, 7) is 3.79. The molecule has 1 unspecified atom stereocenters. The van der Waals surface area contributed by atoms with Crippen LogP contribution >= 0.6 is 0 Å². The lowest BCUT2D eigenvalue weighted by Gasteiger charge is -2.12. The number of benzene rings is 2. The zero-order chi connectivity index (χ0) is 13.7. The molecule has 0 aromatic heterocycles. The van der Waals surface area contributed by atoms with Crippen molar-refractivity contribution in [3.05, 3.63) is 84.2 Å². The van der Waals surface area contributed by atoms with Crippen molar-refractivity contribution >= 4 is 5.78 Å². The van der Waals surface area contributed by atoms with Crippen LogP contribution in [0.3, 0.4) is 0 Å². The Morgan fingerprint density at radius 3 is 2.32 bits per heavy atom. The Kier molecular flexibility index (Phi) is 4.24. The van der Waals surface area contributed by atoms with Gasteiger partial charge in [0.05, 0.1) is 0 Å². The molecule has 0 N–H and O–H groups in total. The molecule has 0 bridgehead atoms. The molecule has 0 spiro atoms. The maximum absolute atomic E-state index is 12.8. The first-order valence-corrected chi connectivity index (χ1v) is 6.17. The number of Topliss-reactive ketones (excluding diaryl/α,β-unsaturated/α-hetero) is 1. The summed E-state index contributed by atoms with van der Waals surface area (Å²) in [6, 6.07) is 15.4. The normalized spacial score (nSPS) is 11.8. The summed E-state index contributed by atoms with van der Waals surface area (Å²) in [5, 5.41) is 0. The molecule has 0 fully saturated rings. The highest BCUT2D eigenvalue weighted by atomic mass is 19.1. The van der Waals surface area contributed by atoms with Gasteiger partial charge in [0.1, 0.15) is 5.82 Å². The fourth-order valence-corrected chi connectivity index (χ4v) is 1.99. The predicted molar refractivity (Wildman–Crippen MR) is 74.7 cm³/mol. The summed E-state index contributed by atoms with van der Waals surface area (Å²) >= 11 is 0. The third-order valence-electron chi connectivity index (χ3n) is 3.08. The van der Waals surface area contributed by atoms with Crippen molar-refractivity contribution < 1.29 is 9.18 Å². The van der Waals surface area contributed by atoms with Crippen LogP contribution < -0.4 is 0 Å². The summed E-state index contributed by atoms with van der Waals surface area (Å²) in [4.78, 5) is 12.1. The van der Waals surface area contributed by atoms with Crippen LogP contribution in [-0.4, -0.2) is 5.78 Å². The van der Waals surface area contributed by atoms with Crippen molar-refractivity contribution in [1.82, 2.24) is 0 Å². The number of halogens is 1. The molecule has 96 valence electrons. The molecule has 2 heteroatoms. The third kappa shape index (κ3) is 3.38. The van der Waals surface area contributed by atoms with Crippen molar-refractivity contribution in [2.24, 2.45) is 0 Å². The smallest absolute Gasteiger partial charge is 0.163 e. The Balaban J connectivity index is 2.13. The third-order valence-corrected chi connectivity index (χ3v) is 3.08. The molecule has 0 amide bonds. The highest BCUT2D eigenvalue weighted by Crippen LogP contribution is 2.22. The molecule has 2 aromatic carbocycles. The number of hydrogen-bond acceptors (Lipinski definition) is 1. The number of carbonyl (C=O) groups excluding carboxylic acids is 1. The SMILES string of the molecule is C=CC(CC(=O)c1ccc(F)cc1)c1ccccc1. The second kappa shape index (κ2) is 6.10. The van der Waals surface area contributed by atoms with E-state index in [2.05, 4.69) is 6.58 Å². The van der Waals surface area contributed by atoms with Crippen LogP contribution in [0.2, 0.25) is 0 Å². The number of allylic oxidation sites excluding steroid dienone is 1. The van der Waals surface area contributed by atoms with Gasteiger partial charge in [-0.3, -0.25) is 4.79 Å². The zero-order valence-electron chi connectivity index (χ0n) is 10.6. The molecule has 19 heavy (non-hydrogen) atoms. The van der Waals surface area contributed by atoms with Crippen LogP contribution in [0.4, 0.5) is 4.39 Å². The van der Waals surface area contributed by atoms with Gasteiger partial charge in [0.15, 0.2) is 5.78 Å². The van der Waals surface area contributed by atoms with Crippen molar-refractivity contribution in [2.75, 3.05) is 0 Å². The molecule has 0 radical (unpaired) electrons. The van der Waals surface area contributed by atoms with Gasteiger partial charge in [-0.2, -0.15) is 0 Å². The van der Waals surface area contributed by atoms with Crippen molar-refractivity contribution in [2.45, 2.75) is 12.3 Å². The lowest BCUT2D eigenvalue weighted by Crippen LogP contribution is -2.05. The molecule has 1 nitrogen and oxygen atoms in total. The van der Waals surface area contributed by atoms with Gasteiger partial charge in [-0.05, 0) is 29.8 Å². The van der Waals surface area contributed by atoms with E-state index in [1.807, 2.05) is 30.3 Å². The van der Waals surface area contributed by atoms with Gasteiger partial charge >= 0.3 is 0 Å². The van der Waals surface area contributed by atoms with Crippen molar-refractivity contribution in [3.63, 3.8) is 0 Å². The van der Waals surface area contributed by atoms with E-state index in [1.54, 1.807) is 6.08 Å². The zero-order valence-corrected chi connectivity index (χ0v) is 10.6. The Morgan fingerprint density at radius 2 is 1.74 bits per heavy atom. The van der Waals surface area contributed by atoms with Crippen LogP contribution in [0.5, 0.6) is 0 Å². The van der Waals surface area contributed by atoms with E-state index >= 15 is 0 Å². The minimum Gasteiger partial charge on any atom is -0.294 e. The Labute approximate surface area is 112 Å². The van der Waals surface area contributed by atoms with Crippen LogP contribution in [0, 0.1) is 5.82 Å². The second-order valence-electron chi connectivity index (χ2n) is 4.39. The van der Waals surface area contributed by atoms with Crippen LogP contribution in [0.25, 0.3) is 0 Å². The summed E-state index contributed by atoms with van der Waals surface area (Å²) < 4.78 is 12.8. The highest BCUT2D eigenvalue weighted by Gasteiger charge is 2.14. The average Bonchev–Trinajstić information content (AvgIpc) is 2.46. The highest BCUT2D eigenvalue weighted by molar-refractivity contribution is 5.96. The quantitative estimate of drug-likeness (QED) is 0.572. The molecule has 0 aliphatic heterocycles. The monoisotopic (exact) mass is 254 g/mol. The van der Waals surface area contributed by atoms with Crippen LogP contribution in [0.1, 0.15) is 28.3 Å². The number of hydrogen-bond donors (Lipinski definition) is 0. The maximum Gasteiger partial charge on any atom is 0.163 e. The van der Waals surface area contributed by atoms with Gasteiger partial charge in [0, 0.05) is 17.9 Å². The minimum atomic E-state index is -0.333. The van der Waals surface area contributed by atoms with Crippen LogP contribution in [-0.2, 0) is 0 Å². The summed E-state index contributed by atoms with van der Waals surface area (Å²) in [5.41, 5.74) is 1.59. The first-order chi connectivity index (χ1) is 9.20. The van der Waals surface area contributed by atoms with Gasteiger partial charge in [0.2, 0.25) is 0 Å². The Hall–Kier alpha value is -2.22. The molecule has 0 aliphatic carbocycles. The molecule has 2 rings (SSSR count). The predicted octanol–water partition coefficient (Wildman–Crippen LogP) is 4.37. The number of ketones is 1. The molecule has 0 saturated heterocycles. The van der Waals surface area contributed by atoms with E-state index in [0.717, 1.165) is 5.56 Å². The average molecular weight is 254 g/mol. The maximum atomic E-state index is 12.8. The van der Waals surface area contributed by atoms with Gasteiger partial charge in [-0.15, -0.1) is 6.58 Å². The van der Waals surface area contributed by atoms with Crippen LogP contribution in [0.15, 0.2) is 67.3 Å². The van der Waals surface area contributed by atoms with E-state index < -0.39 is 0 Å². The minimum absolute atomic E-state index is 0.00578. The number of carbonyl (C=O) groups is 1. The summed E-state index contributed by atoms with van der Waals surface area (Å²) in [6.07, 6.45) is 2.12. The molecule has 2 aromatic rings. The van der Waals surface area contributed by atoms with Gasteiger partial charge in [-0.1, -0.05) is 36.4 Å². The molecular formula is C17H15FO. The van der Waals surface area contributed by atoms with E-state index in [4.69, 9.17) is 0 Å². The van der Waals surface area contributed by atoms with E-state index in [9.17, 15) is 9.18 Å². The first kappa shape index (κ1) is 13.2. The second-order valence-corrected chi connectivity index (χ2v) is 4.39. The van der Waals surface area contributed by atoms with Crippen molar-refractivity contribution in [1.29, 1.82) is 0 Å². The summed E-state index contributed by atoms with van der Waals surface area (Å²) in [5.74, 6) is -0.354. The fraction of sp³-hybridized carbons (Fsp3) is 0.118. The van der Waals surface area contributed by atoms with E-state index in [-0.39, 0.29) is 17.5 Å². The topological polar surface area (TPSA) is 17.1 Å². The lowest BCUT2D eigenvalue weighted by atomic mass is 9.92. The van der Waals surface area contributed by atoms with Gasteiger partial charge in [0.25, 0.3) is 0 Å². The molecule has 0 heterocycles.